The maximum absolute atomic E-state index is 10.9. The average molecular weight is 321 g/mol. The highest BCUT2D eigenvalue weighted by molar-refractivity contribution is 5.88. The summed E-state index contributed by atoms with van der Waals surface area (Å²) in [6.45, 7) is 0. The van der Waals surface area contributed by atoms with Crippen molar-refractivity contribution in [2.75, 3.05) is 0 Å². The zero-order valence-electron chi connectivity index (χ0n) is 12.2. The van der Waals surface area contributed by atoms with E-state index in [0.29, 0.717) is 16.8 Å². The van der Waals surface area contributed by atoms with Crippen molar-refractivity contribution in [3.8, 4) is 22.4 Å². The zero-order valence-corrected chi connectivity index (χ0v) is 12.2. The topological polar surface area (TPSA) is 113 Å². The molecule has 0 aliphatic carbocycles. The Balaban J connectivity index is 2.04. The lowest BCUT2D eigenvalue weighted by molar-refractivity contribution is 0.0680. The largest absolute Gasteiger partial charge is 0.477 e. The molecule has 0 saturated carbocycles. The van der Waals surface area contributed by atoms with Gasteiger partial charge in [0.2, 0.25) is 0 Å². The van der Waals surface area contributed by atoms with Gasteiger partial charge in [0, 0.05) is 35.3 Å². The van der Waals surface area contributed by atoms with Crippen LogP contribution in [0.3, 0.4) is 0 Å². The van der Waals surface area contributed by atoms with Gasteiger partial charge in [0.1, 0.15) is 11.4 Å². The van der Waals surface area contributed by atoms with Crippen LogP contribution in [0.25, 0.3) is 22.4 Å². The van der Waals surface area contributed by atoms with Crippen molar-refractivity contribution in [1.82, 2.24) is 15.0 Å². The van der Waals surface area contributed by atoms with E-state index >= 15 is 0 Å². The fourth-order valence-electron chi connectivity index (χ4n) is 2.21. The third-order valence-corrected chi connectivity index (χ3v) is 3.36. The lowest BCUT2D eigenvalue weighted by Crippen LogP contribution is -2.00. The molecule has 3 aromatic rings. The molecule has 3 heterocycles. The van der Waals surface area contributed by atoms with Crippen LogP contribution < -0.4 is 0 Å². The van der Waals surface area contributed by atoms with Crippen LogP contribution in [0, 0.1) is 0 Å². The summed E-state index contributed by atoms with van der Waals surface area (Å²) in [4.78, 5) is 33.9. The molecule has 2 N–H and O–H groups in total. The van der Waals surface area contributed by atoms with E-state index in [0.717, 1.165) is 5.56 Å². The molecule has 7 nitrogen and oxygen atoms in total. The third kappa shape index (κ3) is 2.95. The molecule has 24 heavy (non-hydrogen) atoms. The summed E-state index contributed by atoms with van der Waals surface area (Å²) in [5.41, 5.74) is 2.60. The molecule has 0 aliphatic heterocycles. The molecular weight excluding hydrogens is 310 g/mol. The molecule has 0 spiro atoms. The first-order chi connectivity index (χ1) is 11.6. The molecule has 3 rings (SSSR count). The van der Waals surface area contributed by atoms with E-state index < -0.39 is 11.9 Å². The Bertz CT molecular complexity index is 829. The fraction of sp³-hybridized carbons (Fsp3) is 0. The fourth-order valence-corrected chi connectivity index (χ4v) is 2.21. The minimum Gasteiger partial charge on any atom is -0.477 e. The number of rotatable bonds is 4. The number of aromatic carboxylic acids is 2. The quantitative estimate of drug-likeness (QED) is 0.759. The van der Waals surface area contributed by atoms with Crippen LogP contribution in [-0.2, 0) is 0 Å². The van der Waals surface area contributed by atoms with Crippen LogP contribution in [-0.4, -0.2) is 37.1 Å². The molecule has 0 unspecified atom stereocenters. The van der Waals surface area contributed by atoms with Crippen LogP contribution in [0.4, 0.5) is 0 Å². The van der Waals surface area contributed by atoms with Crippen molar-refractivity contribution in [3.63, 3.8) is 0 Å². The van der Waals surface area contributed by atoms with Gasteiger partial charge in [0.05, 0.1) is 5.69 Å². The van der Waals surface area contributed by atoms with Crippen LogP contribution in [0.15, 0.2) is 55.0 Å². The number of pyridine rings is 3. The van der Waals surface area contributed by atoms with Crippen molar-refractivity contribution < 1.29 is 19.8 Å². The van der Waals surface area contributed by atoms with E-state index in [2.05, 4.69) is 15.0 Å². The SMILES string of the molecule is O=C(O)c1ccc(-c2cccnc2-c2ccc(C(=O)O)nc2)cn1. The lowest BCUT2D eigenvalue weighted by atomic mass is 10.0. The Labute approximate surface area is 136 Å². The molecule has 0 amide bonds. The molecule has 0 bridgehead atoms. The number of carboxylic acid groups (broad SMARTS) is 2. The van der Waals surface area contributed by atoms with Crippen molar-refractivity contribution in [2.24, 2.45) is 0 Å². The summed E-state index contributed by atoms with van der Waals surface area (Å²) in [5.74, 6) is -2.20. The van der Waals surface area contributed by atoms with Crippen molar-refractivity contribution >= 4 is 11.9 Å². The van der Waals surface area contributed by atoms with Gasteiger partial charge in [-0.25, -0.2) is 19.6 Å². The molecule has 7 heteroatoms. The molecule has 0 aromatic carbocycles. The summed E-state index contributed by atoms with van der Waals surface area (Å²) < 4.78 is 0. The second-order valence-electron chi connectivity index (χ2n) is 4.87. The van der Waals surface area contributed by atoms with Gasteiger partial charge < -0.3 is 10.2 Å². The Morgan fingerprint density at radius 3 is 1.83 bits per heavy atom. The minimum absolute atomic E-state index is 0.0448. The second kappa shape index (κ2) is 6.25. The van der Waals surface area contributed by atoms with Crippen molar-refractivity contribution in [3.05, 3.63) is 66.4 Å². The maximum Gasteiger partial charge on any atom is 0.354 e. The predicted octanol–water partition coefficient (Wildman–Crippen LogP) is 2.60. The molecule has 0 radical (unpaired) electrons. The van der Waals surface area contributed by atoms with Crippen LogP contribution in [0.1, 0.15) is 21.0 Å². The second-order valence-corrected chi connectivity index (χ2v) is 4.87. The Kier molecular flexibility index (Phi) is 3.98. The van der Waals surface area contributed by atoms with E-state index in [1.165, 1.54) is 24.5 Å². The van der Waals surface area contributed by atoms with Gasteiger partial charge in [0.25, 0.3) is 0 Å². The molecular formula is C17H11N3O4. The Morgan fingerprint density at radius 2 is 1.33 bits per heavy atom. The summed E-state index contributed by atoms with van der Waals surface area (Å²) in [6, 6.07) is 9.67. The zero-order chi connectivity index (χ0) is 17.1. The summed E-state index contributed by atoms with van der Waals surface area (Å²) in [7, 11) is 0. The number of carboxylic acids is 2. The molecule has 0 aliphatic rings. The average Bonchev–Trinajstić information content (AvgIpc) is 2.62. The standard InChI is InChI=1S/C17H11N3O4/c21-16(22)13-5-3-10(8-19-13)12-2-1-7-18-15(12)11-4-6-14(17(23)24)20-9-11/h1-9H,(H,21,22)(H,23,24). The van der Waals surface area contributed by atoms with Crippen molar-refractivity contribution in [2.45, 2.75) is 0 Å². The van der Waals surface area contributed by atoms with Gasteiger partial charge in [-0.2, -0.15) is 0 Å². The predicted molar refractivity (Wildman–Crippen MR) is 84.6 cm³/mol. The Hall–Kier alpha value is -3.61. The van der Waals surface area contributed by atoms with E-state index in [1.54, 1.807) is 24.4 Å². The first-order valence-electron chi connectivity index (χ1n) is 6.90. The first-order valence-corrected chi connectivity index (χ1v) is 6.90. The van der Waals surface area contributed by atoms with E-state index in [-0.39, 0.29) is 11.4 Å². The van der Waals surface area contributed by atoms with Crippen LogP contribution in [0.2, 0.25) is 0 Å². The number of hydrogen-bond donors (Lipinski definition) is 2. The number of aromatic nitrogens is 3. The molecule has 3 aromatic heterocycles. The third-order valence-electron chi connectivity index (χ3n) is 3.36. The number of nitrogens with zero attached hydrogens (tertiary/aromatic N) is 3. The number of carbonyl (C=O) groups is 2. The molecule has 0 saturated heterocycles. The van der Waals surface area contributed by atoms with E-state index in [9.17, 15) is 9.59 Å². The summed E-state index contributed by atoms with van der Waals surface area (Å²) in [5, 5.41) is 17.8. The normalized spacial score (nSPS) is 10.3. The Morgan fingerprint density at radius 1 is 0.750 bits per heavy atom. The lowest BCUT2D eigenvalue weighted by Gasteiger charge is -2.09. The highest BCUT2D eigenvalue weighted by Crippen LogP contribution is 2.29. The molecule has 0 fully saturated rings. The van der Waals surface area contributed by atoms with E-state index in [4.69, 9.17) is 10.2 Å². The van der Waals surface area contributed by atoms with Gasteiger partial charge in [-0.15, -0.1) is 0 Å². The van der Waals surface area contributed by atoms with Crippen molar-refractivity contribution in [1.29, 1.82) is 0 Å². The smallest absolute Gasteiger partial charge is 0.354 e. The van der Waals surface area contributed by atoms with Gasteiger partial charge in [-0.3, -0.25) is 4.98 Å². The minimum atomic E-state index is -1.10. The highest BCUT2D eigenvalue weighted by atomic mass is 16.4. The van der Waals surface area contributed by atoms with Crippen LogP contribution in [0.5, 0.6) is 0 Å². The van der Waals surface area contributed by atoms with E-state index in [1.807, 2.05) is 6.07 Å². The summed E-state index contributed by atoms with van der Waals surface area (Å²) in [6.07, 6.45) is 4.51. The van der Waals surface area contributed by atoms with Gasteiger partial charge in [-0.1, -0.05) is 12.1 Å². The monoisotopic (exact) mass is 321 g/mol. The maximum atomic E-state index is 10.9. The molecule has 0 atom stereocenters. The van der Waals surface area contributed by atoms with Crippen LogP contribution >= 0.6 is 0 Å². The number of hydrogen-bond acceptors (Lipinski definition) is 5. The van der Waals surface area contributed by atoms with Gasteiger partial charge in [0.15, 0.2) is 0 Å². The summed E-state index contributed by atoms with van der Waals surface area (Å²) >= 11 is 0. The van der Waals surface area contributed by atoms with Gasteiger partial charge >= 0.3 is 11.9 Å². The molecule has 118 valence electrons. The highest BCUT2D eigenvalue weighted by Gasteiger charge is 2.12. The van der Waals surface area contributed by atoms with Gasteiger partial charge in [-0.05, 0) is 24.3 Å². The first kappa shape index (κ1) is 15.3.